The van der Waals surface area contributed by atoms with Crippen LogP contribution in [0.4, 0.5) is 13.2 Å². The normalized spacial score (nSPS) is 12.2. The van der Waals surface area contributed by atoms with Gasteiger partial charge in [0, 0.05) is 5.56 Å². The maximum atomic E-state index is 13.4. The quantitative estimate of drug-likeness (QED) is 0.622. The molecular formula is C16H11F3O2. The highest BCUT2D eigenvalue weighted by Crippen LogP contribution is 2.20. The van der Waals surface area contributed by atoms with Crippen molar-refractivity contribution >= 4 is 11.6 Å². The Bertz CT molecular complexity index is 636. The van der Waals surface area contributed by atoms with Gasteiger partial charge in [0.2, 0.25) is 17.7 Å². The van der Waals surface area contributed by atoms with E-state index < -0.39 is 24.2 Å². The second-order valence-electron chi connectivity index (χ2n) is 4.37. The predicted molar refractivity (Wildman–Crippen MR) is 72.1 cm³/mol. The molecule has 2 nitrogen and oxygen atoms in total. The molecule has 0 heterocycles. The SMILES string of the molecule is O=C(c1ccc(-c2ccccc2)cc1)C(F)C(=O)C(F)F. The Morgan fingerprint density at radius 2 is 1.29 bits per heavy atom. The lowest BCUT2D eigenvalue weighted by molar-refractivity contribution is -0.132. The van der Waals surface area contributed by atoms with E-state index in [9.17, 15) is 22.8 Å². The summed E-state index contributed by atoms with van der Waals surface area (Å²) in [6, 6.07) is 15.0. The Morgan fingerprint density at radius 3 is 1.81 bits per heavy atom. The van der Waals surface area contributed by atoms with E-state index in [0.717, 1.165) is 11.1 Å². The summed E-state index contributed by atoms with van der Waals surface area (Å²) in [4.78, 5) is 22.4. The predicted octanol–water partition coefficient (Wildman–Crippen LogP) is 3.71. The topological polar surface area (TPSA) is 34.1 Å². The van der Waals surface area contributed by atoms with Crippen molar-refractivity contribution in [2.24, 2.45) is 0 Å². The smallest absolute Gasteiger partial charge is 0.290 e. The first-order chi connectivity index (χ1) is 10.0. The average Bonchev–Trinajstić information content (AvgIpc) is 2.53. The monoisotopic (exact) mass is 292 g/mol. The third-order valence-corrected chi connectivity index (χ3v) is 2.97. The average molecular weight is 292 g/mol. The largest absolute Gasteiger partial charge is 0.299 e. The van der Waals surface area contributed by atoms with Crippen molar-refractivity contribution in [1.82, 2.24) is 0 Å². The number of hydrogen-bond acceptors (Lipinski definition) is 2. The van der Waals surface area contributed by atoms with Crippen LogP contribution in [-0.2, 0) is 4.79 Å². The first kappa shape index (κ1) is 15.0. The van der Waals surface area contributed by atoms with Gasteiger partial charge in [-0.25, -0.2) is 13.2 Å². The molecule has 108 valence electrons. The summed E-state index contributed by atoms with van der Waals surface area (Å²) in [6.45, 7) is 0. The Hall–Kier alpha value is -2.43. The number of rotatable bonds is 5. The Kier molecular flexibility index (Phi) is 4.52. The zero-order valence-electron chi connectivity index (χ0n) is 10.8. The minimum atomic E-state index is -3.49. The number of carbonyl (C=O) groups excluding carboxylic acids is 2. The number of carbonyl (C=O) groups is 2. The van der Waals surface area contributed by atoms with Crippen molar-refractivity contribution in [3.63, 3.8) is 0 Å². The van der Waals surface area contributed by atoms with Gasteiger partial charge < -0.3 is 0 Å². The molecule has 2 rings (SSSR count). The van der Waals surface area contributed by atoms with Crippen LogP contribution in [0.25, 0.3) is 11.1 Å². The first-order valence-electron chi connectivity index (χ1n) is 6.16. The van der Waals surface area contributed by atoms with E-state index in [4.69, 9.17) is 0 Å². The molecule has 0 N–H and O–H groups in total. The molecule has 2 aromatic carbocycles. The minimum Gasteiger partial charge on any atom is -0.290 e. The van der Waals surface area contributed by atoms with Gasteiger partial charge in [-0.1, -0.05) is 54.6 Å². The molecule has 0 aliphatic heterocycles. The van der Waals surface area contributed by atoms with Gasteiger partial charge in [-0.3, -0.25) is 9.59 Å². The molecule has 21 heavy (non-hydrogen) atoms. The third-order valence-electron chi connectivity index (χ3n) is 2.97. The van der Waals surface area contributed by atoms with Gasteiger partial charge in [0.05, 0.1) is 0 Å². The second kappa shape index (κ2) is 6.35. The number of benzene rings is 2. The first-order valence-corrected chi connectivity index (χ1v) is 6.16. The van der Waals surface area contributed by atoms with Crippen LogP contribution in [0.1, 0.15) is 10.4 Å². The molecule has 0 bridgehead atoms. The molecule has 0 aromatic heterocycles. The fraction of sp³-hybridized carbons (Fsp3) is 0.125. The van der Waals surface area contributed by atoms with Crippen LogP contribution in [0.3, 0.4) is 0 Å². The van der Waals surface area contributed by atoms with Crippen LogP contribution >= 0.6 is 0 Å². The fourth-order valence-corrected chi connectivity index (χ4v) is 1.84. The lowest BCUT2D eigenvalue weighted by atomic mass is 10.00. The van der Waals surface area contributed by atoms with E-state index in [1.807, 2.05) is 30.3 Å². The standard InChI is InChI=1S/C16H11F3O2/c17-13(15(21)16(18)19)14(20)12-8-6-11(7-9-12)10-4-2-1-3-5-10/h1-9,13,16H. The Labute approximate surface area is 119 Å². The molecule has 0 aliphatic carbocycles. The van der Waals surface area contributed by atoms with E-state index in [-0.39, 0.29) is 5.56 Å². The lowest BCUT2D eigenvalue weighted by Crippen LogP contribution is -2.30. The van der Waals surface area contributed by atoms with E-state index in [1.54, 1.807) is 12.1 Å². The number of alkyl halides is 3. The molecule has 1 atom stereocenters. The molecule has 0 fully saturated rings. The highest BCUT2D eigenvalue weighted by molar-refractivity contribution is 6.14. The number of halogens is 3. The van der Waals surface area contributed by atoms with Gasteiger partial charge >= 0.3 is 0 Å². The van der Waals surface area contributed by atoms with E-state index in [2.05, 4.69) is 0 Å². The molecule has 0 spiro atoms. The van der Waals surface area contributed by atoms with Crippen LogP contribution in [0.2, 0.25) is 0 Å². The molecule has 0 saturated heterocycles. The zero-order chi connectivity index (χ0) is 15.4. The van der Waals surface area contributed by atoms with Gasteiger partial charge in [0.25, 0.3) is 6.43 Å². The fourth-order valence-electron chi connectivity index (χ4n) is 1.84. The number of Topliss-reactive ketones (excluding diaryl/α,β-unsaturated/α-hetero) is 2. The summed E-state index contributed by atoms with van der Waals surface area (Å²) in [7, 11) is 0. The Balaban J connectivity index is 2.19. The molecule has 0 radical (unpaired) electrons. The van der Waals surface area contributed by atoms with Gasteiger partial charge in [-0.15, -0.1) is 0 Å². The molecule has 0 aliphatic rings. The van der Waals surface area contributed by atoms with Crippen molar-refractivity contribution in [3.8, 4) is 11.1 Å². The summed E-state index contributed by atoms with van der Waals surface area (Å²) in [5, 5.41) is 0. The van der Waals surface area contributed by atoms with Crippen molar-refractivity contribution in [2.45, 2.75) is 12.6 Å². The van der Waals surface area contributed by atoms with E-state index in [1.165, 1.54) is 12.1 Å². The maximum Gasteiger partial charge on any atom is 0.299 e. The van der Waals surface area contributed by atoms with E-state index >= 15 is 0 Å². The summed E-state index contributed by atoms with van der Waals surface area (Å²) in [6.07, 6.45) is -6.32. The van der Waals surface area contributed by atoms with Crippen LogP contribution in [-0.4, -0.2) is 24.2 Å². The molecular weight excluding hydrogens is 281 g/mol. The van der Waals surface area contributed by atoms with Crippen LogP contribution in [0.15, 0.2) is 54.6 Å². The van der Waals surface area contributed by atoms with Gasteiger partial charge in [0.1, 0.15) is 0 Å². The number of hydrogen-bond donors (Lipinski definition) is 0. The summed E-state index contributed by atoms with van der Waals surface area (Å²) >= 11 is 0. The summed E-state index contributed by atoms with van der Waals surface area (Å²) < 4.78 is 37.6. The van der Waals surface area contributed by atoms with Gasteiger partial charge in [-0.2, -0.15) is 0 Å². The zero-order valence-corrected chi connectivity index (χ0v) is 10.8. The van der Waals surface area contributed by atoms with Crippen LogP contribution in [0, 0.1) is 0 Å². The van der Waals surface area contributed by atoms with Crippen molar-refractivity contribution in [1.29, 1.82) is 0 Å². The minimum absolute atomic E-state index is 0.115. The second-order valence-corrected chi connectivity index (χ2v) is 4.37. The number of ketones is 2. The van der Waals surface area contributed by atoms with Gasteiger partial charge in [-0.05, 0) is 11.1 Å². The van der Waals surface area contributed by atoms with Crippen molar-refractivity contribution < 1.29 is 22.8 Å². The third kappa shape index (κ3) is 3.37. The van der Waals surface area contributed by atoms with Crippen LogP contribution in [0.5, 0.6) is 0 Å². The van der Waals surface area contributed by atoms with E-state index in [0.29, 0.717) is 0 Å². The van der Waals surface area contributed by atoms with Crippen molar-refractivity contribution in [3.05, 3.63) is 60.2 Å². The maximum absolute atomic E-state index is 13.4. The van der Waals surface area contributed by atoms with Gasteiger partial charge in [0.15, 0.2) is 0 Å². The highest BCUT2D eigenvalue weighted by atomic mass is 19.3. The molecule has 0 amide bonds. The molecule has 5 heteroatoms. The van der Waals surface area contributed by atoms with Crippen LogP contribution < -0.4 is 0 Å². The molecule has 1 unspecified atom stereocenters. The highest BCUT2D eigenvalue weighted by Gasteiger charge is 2.33. The van der Waals surface area contributed by atoms with Crippen molar-refractivity contribution in [2.75, 3.05) is 0 Å². The molecule has 0 saturated carbocycles. The lowest BCUT2D eigenvalue weighted by Gasteiger charge is -2.07. The summed E-state index contributed by atoms with van der Waals surface area (Å²) in [5.74, 6) is -3.26. The Morgan fingerprint density at radius 1 is 0.762 bits per heavy atom. The molecule has 2 aromatic rings. The summed E-state index contributed by atoms with van der Waals surface area (Å²) in [5.41, 5.74) is 1.58.